The fourth-order valence-electron chi connectivity index (χ4n) is 1.85. The Kier molecular flexibility index (Phi) is 4.90. The van der Waals surface area contributed by atoms with Gasteiger partial charge in [0.25, 0.3) is 0 Å². The summed E-state index contributed by atoms with van der Waals surface area (Å²) >= 11 is 0. The Hall–Kier alpha value is -1.62. The highest BCUT2D eigenvalue weighted by molar-refractivity contribution is 5.85. The van der Waals surface area contributed by atoms with Crippen molar-refractivity contribution in [3.8, 4) is 0 Å². The zero-order valence-electron chi connectivity index (χ0n) is 10.1. The highest BCUT2D eigenvalue weighted by atomic mass is 19.1. The normalized spacial score (nSPS) is 14.0. The average Bonchev–Trinajstić information content (AvgIpc) is 2.29. The predicted octanol–water partition coefficient (Wildman–Crippen LogP) is 1.78. The number of hydrogen-bond acceptors (Lipinski definition) is 3. The first kappa shape index (κ1) is 13.4. The summed E-state index contributed by atoms with van der Waals surface area (Å²) in [6.45, 7) is 2.50. The molecule has 0 aromatic heterocycles. The van der Waals surface area contributed by atoms with Crippen molar-refractivity contribution in [2.45, 2.75) is 25.9 Å². The molecule has 0 saturated carbocycles. The molecule has 5 heteroatoms. The number of oxime groups is 1. The molecular formula is C12H18FN3O. The molecule has 17 heavy (non-hydrogen) atoms. The zero-order valence-corrected chi connectivity index (χ0v) is 10.1. The molecule has 0 spiro atoms. The molecule has 3 N–H and O–H groups in total. The van der Waals surface area contributed by atoms with Crippen molar-refractivity contribution >= 4 is 5.84 Å². The molecule has 0 saturated heterocycles. The summed E-state index contributed by atoms with van der Waals surface area (Å²) in [5.74, 6) is -0.0841. The maximum Gasteiger partial charge on any atom is 0.156 e. The molecule has 1 aromatic rings. The van der Waals surface area contributed by atoms with Crippen LogP contribution < -0.4 is 5.73 Å². The quantitative estimate of drug-likeness (QED) is 0.356. The van der Waals surface area contributed by atoms with E-state index in [1.807, 2.05) is 24.9 Å². The van der Waals surface area contributed by atoms with Crippen molar-refractivity contribution < 1.29 is 9.60 Å². The van der Waals surface area contributed by atoms with Crippen molar-refractivity contribution in [2.75, 3.05) is 7.05 Å². The van der Waals surface area contributed by atoms with E-state index in [1.54, 1.807) is 6.07 Å². The summed E-state index contributed by atoms with van der Waals surface area (Å²) in [6, 6.07) is 6.25. The maximum absolute atomic E-state index is 13.0. The summed E-state index contributed by atoms with van der Waals surface area (Å²) in [7, 11) is 1.86. The Morgan fingerprint density at radius 3 is 2.82 bits per heavy atom. The molecule has 1 unspecified atom stereocenters. The minimum absolute atomic E-state index is 0.150. The van der Waals surface area contributed by atoms with E-state index in [-0.39, 0.29) is 17.7 Å². The Labute approximate surface area is 101 Å². The Morgan fingerprint density at radius 2 is 2.29 bits per heavy atom. The van der Waals surface area contributed by atoms with Gasteiger partial charge in [-0.15, -0.1) is 0 Å². The van der Waals surface area contributed by atoms with Crippen molar-refractivity contribution in [2.24, 2.45) is 10.9 Å². The van der Waals surface area contributed by atoms with Crippen LogP contribution in [0.3, 0.4) is 0 Å². The van der Waals surface area contributed by atoms with Crippen LogP contribution in [0.1, 0.15) is 18.9 Å². The van der Waals surface area contributed by atoms with Gasteiger partial charge in [0.2, 0.25) is 0 Å². The van der Waals surface area contributed by atoms with Gasteiger partial charge in [-0.25, -0.2) is 4.39 Å². The van der Waals surface area contributed by atoms with Crippen LogP contribution >= 0.6 is 0 Å². The first-order valence-electron chi connectivity index (χ1n) is 5.50. The molecule has 0 heterocycles. The summed E-state index contributed by atoms with van der Waals surface area (Å²) in [4.78, 5) is 1.92. The van der Waals surface area contributed by atoms with Gasteiger partial charge in [-0.3, -0.25) is 4.90 Å². The van der Waals surface area contributed by atoms with Crippen LogP contribution in [0.25, 0.3) is 0 Å². The smallest absolute Gasteiger partial charge is 0.156 e. The van der Waals surface area contributed by atoms with Gasteiger partial charge in [0, 0.05) is 6.54 Å². The van der Waals surface area contributed by atoms with Crippen LogP contribution in [0.5, 0.6) is 0 Å². The molecule has 1 rings (SSSR count). The number of hydrogen-bond donors (Lipinski definition) is 2. The molecule has 0 bridgehead atoms. The van der Waals surface area contributed by atoms with E-state index in [1.165, 1.54) is 12.1 Å². The van der Waals surface area contributed by atoms with Crippen LogP contribution in [0, 0.1) is 5.82 Å². The number of rotatable bonds is 5. The molecular weight excluding hydrogens is 221 g/mol. The van der Waals surface area contributed by atoms with Gasteiger partial charge in [0.15, 0.2) is 5.84 Å². The van der Waals surface area contributed by atoms with Crippen molar-refractivity contribution in [1.82, 2.24) is 4.90 Å². The monoisotopic (exact) mass is 239 g/mol. The predicted molar refractivity (Wildman–Crippen MR) is 65.4 cm³/mol. The molecule has 0 aliphatic carbocycles. The standard InChI is InChI=1S/C12H18FN3O/c1-3-11(12(14)15-17)16(2)8-9-5-4-6-10(13)7-9/h4-7,11,17H,3,8H2,1-2H3,(H2,14,15). The third-order valence-electron chi connectivity index (χ3n) is 2.70. The molecule has 0 radical (unpaired) electrons. The van der Waals surface area contributed by atoms with E-state index in [4.69, 9.17) is 10.9 Å². The molecule has 1 atom stereocenters. The lowest BCUT2D eigenvalue weighted by Crippen LogP contribution is -2.41. The van der Waals surface area contributed by atoms with E-state index in [0.717, 1.165) is 12.0 Å². The second-order valence-corrected chi connectivity index (χ2v) is 3.99. The summed E-state index contributed by atoms with van der Waals surface area (Å²) in [5.41, 5.74) is 6.45. The van der Waals surface area contributed by atoms with Crippen LogP contribution in [0.15, 0.2) is 29.4 Å². The van der Waals surface area contributed by atoms with Gasteiger partial charge in [-0.1, -0.05) is 24.2 Å². The van der Waals surface area contributed by atoms with Crippen molar-refractivity contribution in [3.05, 3.63) is 35.6 Å². The molecule has 0 aliphatic rings. The lowest BCUT2D eigenvalue weighted by Gasteiger charge is -2.25. The number of nitrogens with two attached hydrogens (primary N) is 1. The highest BCUT2D eigenvalue weighted by Gasteiger charge is 2.17. The fourth-order valence-corrected chi connectivity index (χ4v) is 1.85. The zero-order chi connectivity index (χ0) is 12.8. The number of nitrogens with zero attached hydrogens (tertiary/aromatic N) is 2. The molecule has 0 fully saturated rings. The van der Waals surface area contributed by atoms with Gasteiger partial charge in [-0.05, 0) is 31.2 Å². The average molecular weight is 239 g/mol. The van der Waals surface area contributed by atoms with Gasteiger partial charge >= 0.3 is 0 Å². The summed E-state index contributed by atoms with van der Waals surface area (Å²) in [5, 5.41) is 11.7. The van der Waals surface area contributed by atoms with Crippen LogP contribution in [0.4, 0.5) is 4.39 Å². The molecule has 0 amide bonds. The van der Waals surface area contributed by atoms with Crippen molar-refractivity contribution in [1.29, 1.82) is 0 Å². The van der Waals surface area contributed by atoms with E-state index in [9.17, 15) is 4.39 Å². The van der Waals surface area contributed by atoms with Gasteiger partial charge in [0.05, 0.1) is 6.04 Å². The molecule has 0 aliphatic heterocycles. The Morgan fingerprint density at radius 1 is 1.59 bits per heavy atom. The topological polar surface area (TPSA) is 61.9 Å². The largest absolute Gasteiger partial charge is 0.409 e. The Bertz CT molecular complexity index is 395. The Balaban J connectivity index is 2.73. The summed E-state index contributed by atoms with van der Waals surface area (Å²) in [6.07, 6.45) is 0.724. The number of amidine groups is 1. The lowest BCUT2D eigenvalue weighted by atomic mass is 10.1. The minimum Gasteiger partial charge on any atom is -0.409 e. The van der Waals surface area contributed by atoms with Gasteiger partial charge in [-0.2, -0.15) is 0 Å². The minimum atomic E-state index is -0.257. The number of benzene rings is 1. The maximum atomic E-state index is 13.0. The fraction of sp³-hybridized carbons (Fsp3) is 0.417. The highest BCUT2D eigenvalue weighted by Crippen LogP contribution is 2.10. The van der Waals surface area contributed by atoms with Crippen LogP contribution in [-0.2, 0) is 6.54 Å². The first-order valence-corrected chi connectivity index (χ1v) is 5.50. The SMILES string of the molecule is CCC(C(N)=NO)N(C)Cc1cccc(F)c1. The molecule has 4 nitrogen and oxygen atoms in total. The number of halogens is 1. The molecule has 1 aromatic carbocycles. The van der Waals surface area contributed by atoms with Gasteiger partial charge in [0.1, 0.15) is 5.82 Å². The van der Waals surface area contributed by atoms with E-state index in [2.05, 4.69) is 5.16 Å². The molecule has 94 valence electrons. The number of likely N-dealkylation sites (N-methyl/N-ethyl adjacent to an activating group) is 1. The lowest BCUT2D eigenvalue weighted by molar-refractivity contribution is 0.264. The third-order valence-corrected chi connectivity index (χ3v) is 2.70. The van der Waals surface area contributed by atoms with Gasteiger partial charge < -0.3 is 10.9 Å². The third kappa shape index (κ3) is 3.71. The van der Waals surface area contributed by atoms with E-state index >= 15 is 0 Å². The first-order chi connectivity index (χ1) is 8.08. The van der Waals surface area contributed by atoms with Crippen molar-refractivity contribution in [3.63, 3.8) is 0 Å². The van der Waals surface area contributed by atoms with Crippen LogP contribution in [-0.4, -0.2) is 29.0 Å². The van der Waals surface area contributed by atoms with E-state index in [0.29, 0.717) is 6.54 Å². The van der Waals surface area contributed by atoms with E-state index < -0.39 is 0 Å². The second-order valence-electron chi connectivity index (χ2n) is 3.99. The summed E-state index contributed by atoms with van der Waals surface area (Å²) < 4.78 is 13.0. The van der Waals surface area contributed by atoms with Crippen LogP contribution in [0.2, 0.25) is 0 Å². The second kappa shape index (κ2) is 6.20.